The van der Waals surface area contributed by atoms with Crippen LogP contribution in [0.25, 0.3) is 10.2 Å². The summed E-state index contributed by atoms with van der Waals surface area (Å²) < 4.78 is 0.747. The number of nitrogens with one attached hydrogen (secondary N) is 1. The highest BCUT2D eigenvalue weighted by atomic mass is 35.5. The molecule has 1 aromatic heterocycles. The Balaban J connectivity index is 1.95. The average Bonchev–Trinajstić information content (AvgIpc) is 2.94. The molecule has 6 nitrogen and oxygen atoms in total. The number of aromatic nitrogens is 1. The van der Waals surface area contributed by atoms with Crippen LogP contribution in [0.3, 0.4) is 0 Å². The molecule has 0 aliphatic carbocycles. The Hall–Kier alpha value is -2.22. The van der Waals surface area contributed by atoms with Gasteiger partial charge in [-0.05, 0) is 18.2 Å². The van der Waals surface area contributed by atoms with Crippen molar-refractivity contribution >= 4 is 61.5 Å². The lowest BCUT2D eigenvalue weighted by atomic mass is 10.1. The number of nitro benzene ring substituents is 1. The van der Waals surface area contributed by atoms with E-state index in [1.165, 1.54) is 29.5 Å². The van der Waals surface area contributed by atoms with Crippen molar-refractivity contribution in [3.8, 4) is 0 Å². The lowest BCUT2D eigenvalue weighted by molar-refractivity contribution is -0.385. The van der Waals surface area contributed by atoms with Crippen LogP contribution >= 0.6 is 34.5 Å². The van der Waals surface area contributed by atoms with Crippen molar-refractivity contribution < 1.29 is 9.72 Å². The molecule has 0 unspecified atom stereocenters. The molecule has 0 aliphatic rings. The van der Waals surface area contributed by atoms with Gasteiger partial charge in [0, 0.05) is 6.07 Å². The van der Waals surface area contributed by atoms with Crippen LogP contribution in [0.5, 0.6) is 0 Å². The molecule has 116 valence electrons. The molecule has 1 heterocycles. The number of hydrogen-bond donors (Lipinski definition) is 1. The number of carbonyl (C=O) groups excluding carboxylic acids is 1. The van der Waals surface area contributed by atoms with Crippen molar-refractivity contribution in [1.29, 1.82) is 0 Å². The van der Waals surface area contributed by atoms with Gasteiger partial charge in [-0.3, -0.25) is 20.2 Å². The number of amides is 1. The average molecular weight is 368 g/mol. The second kappa shape index (κ2) is 6.11. The van der Waals surface area contributed by atoms with E-state index in [1.54, 1.807) is 18.2 Å². The number of fused-ring (bicyclic) bond motifs is 1. The van der Waals surface area contributed by atoms with Crippen LogP contribution < -0.4 is 5.32 Å². The van der Waals surface area contributed by atoms with Crippen molar-refractivity contribution in [1.82, 2.24) is 4.98 Å². The predicted octanol–water partition coefficient (Wildman–Crippen LogP) is 4.76. The Labute approximate surface area is 143 Å². The lowest BCUT2D eigenvalue weighted by Gasteiger charge is -2.02. The minimum atomic E-state index is -0.612. The van der Waals surface area contributed by atoms with Crippen LogP contribution in [0.15, 0.2) is 36.4 Å². The zero-order valence-corrected chi connectivity index (χ0v) is 13.6. The van der Waals surface area contributed by atoms with Crippen molar-refractivity contribution in [2.24, 2.45) is 0 Å². The van der Waals surface area contributed by atoms with Gasteiger partial charge in [0.05, 0.1) is 19.7 Å². The molecule has 23 heavy (non-hydrogen) atoms. The predicted molar refractivity (Wildman–Crippen MR) is 90.7 cm³/mol. The van der Waals surface area contributed by atoms with Gasteiger partial charge in [-0.2, -0.15) is 0 Å². The molecule has 0 fully saturated rings. The second-order valence-electron chi connectivity index (χ2n) is 4.46. The summed E-state index contributed by atoms with van der Waals surface area (Å²) in [5, 5.41) is 14.5. The van der Waals surface area contributed by atoms with E-state index >= 15 is 0 Å². The third kappa shape index (κ3) is 2.98. The largest absolute Gasteiger partial charge is 0.298 e. The van der Waals surface area contributed by atoms with Gasteiger partial charge in [-0.15, -0.1) is 0 Å². The van der Waals surface area contributed by atoms with Crippen molar-refractivity contribution in [2.45, 2.75) is 0 Å². The first kappa shape index (κ1) is 15.7. The number of carbonyl (C=O) groups is 1. The summed E-state index contributed by atoms with van der Waals surface area (Å²) in [5.41, 5.74) is 0.162. The maximum Gasteiger partial charge on any atom is 0.282 e. The molecule has 0 spiro atoms. The monoisotopic (exact) mass is 367 g/mol. The number of anilines is 1. The lowest BCUT2D eigenvalue weighted by Crippen LogP contribution is -2.13. The number of benzene rings is 2. The zero-order valence-electron chi connectivity index (χ0n) is 11.2. The molecule has 1 amide bonds. The maximum atomic E-state index is 12.3. The molecule has 0 saturated carbocycles. The first-order valence-electron chi connectivity index (χ1n) is 6.26. The van der Waals surface area contributed by atoms with Crippen molar-refractivity contribution in [3.05, 3.63) is 62.1 Å². The van der Waals surface area contributed by atoms with E-state index in [9.17, 15) is 14.9 Å². The van der Waals surface area contributed by atoms with Crippen LogP contribution in [0, 0.1) is 10.1 Å². The van der Waals surface area contributed by atoms with Gasteiger partial charge in [0.1, 0.15) is 11.1 Å². The fraction of sp³-hybridized carbons (Fsp3) is 0. The third-order valence-corrected chi connectivity index (χ3v) is 4.75. The summed E-state index contributed by atoms with van der Waals surface area (Å²) in [4.78, 5) is 26.8. The quantitative estimate of drug-likeness (QED) is 0.533. The highest BCUT2D eigenvalue weighted by Gasteiger charge is 2.20. The molecular formula is C14H7Cl2N3O3S. The molecule has 9 heteroatoms. The zero-order chi connectivity index (χ0) is 16.6. The number of hydrogen-bond acceptors (Lipinski definition) is 5. The number of thiazole rings is 1. The fourth-order valence-corrected chi connectivity index (χ4v) is 3.27. The van der Waals surface area contributed by atoms with E-state index in [0.29, 0.717) is 15.6 Å². The Bertz CT molecular complexity index is 942. The molecule has 3 aromatic rings. The van der Waals surface area contributed by atoms with Crippen molar-refractivity contribution in [3.63, 3.8) is 0 Å². The Morgan fingerprint density at radius 3 is 2.70 bits per heavy atom. The third-order valence-electron chi connectivity index (χ3n) is 3.02. The highest BCUT2D eigenvalue weighted by Crippen LogP contribution is 2.35. The van der Waals surface area contributed by atoms with E-state index in [-0.39, 0.29) is 16.4 Å². The minimum absolute atomic E-state index is 0.0408. The number of rotatable bonds is 3. The van der Waals surface area contributed by atoms with Gasteiger partial charge in [0.25, 0.3) is 11.6 Å². The van der Waals surface area contributed by atoms with Crippen LogP contribution in [0.2, 0.25) is 10.0 Å². The van der Waals surface area contributed by atoms with Gasteiger partial charge in [0.2, 0.25) is 0 Å². The standard InChI is InChI=1S/C14H7Cl2N3O3S/c15-8-5-6-10-12(11(8)16)17-14(23-10)18-13(20)7-3-1-2-4-9(7)19(21)22/h1-6H,(H,17,18,20). The highest BCUT2D eigenvalue weighted by molar-refractivity contribution is 7.22. The molecule has 3 rings (SSSR count). The summed E-state index contributed by atoms with van der Waals surface area (Å²) in [5.74, 6) is -0.612. The van der Waals surface area contributed by atoms with E-state index in [2.05, 4.69) is 10.3 Å². The molecule has 1 N–H and O–H groups in total. The molecule has 0 radical (unpaired) electrons. The Morgan fingerprint density at radius 1 is 1.22 bits per heavy atom. The molecule has 0 bridgehead atoms. The second-order valence-corrected chi connectivity index (χ2v) is 6.27. The van der Waals surface area contributed by atoms with Gasteiger partial charge in [0.15, 0.2) is 5.13 Å². The molecular weight excluding hydrogens is 361 g/mol. The first-order chi connectivity index (χ1) is 11.0. The molecule has 0 aliphatic heterocycles. The van der Waals surface area contributed by atoms with E-state index in [4.69, 9.17) is 23.2 Å². The molecule has 0 atom stereocenters. The summed E-state index contributed by atoms with van der Waals surface area (Å²) >= 11 is 13.2. The SMILES string of the molecule is O=C(Nc1nc2c(Cl)c(Cl)ccc2s1)c1ccccc1[N+](=O)[O-]. The summed E-state index contributed by atoms with van der Waals surface area (Å²) in [6.45, 7) is 0. The Morgan fingerprint density at radius 2 is 1.96 bits per heavy atom. The Kier molecular flexibility index (Phi) is 4.16. The topological polar surface area (TPSA) is 85.1 Å². The van der Waals surface area contributed by atoms with Crippen LogP contribution in [0.1, 0.15) is 10.4 Å². The van der Waals surface area contributed by atoms with Gasteiger partial charge in [-0.1, -0.05) is 46.7 Å². The van der Waals surface area contributed by atoms with Crippen LogP contribution in [-0.4, -0.2) is 15.8 Å². The minimum Gasteiger partial charge on any atom is -0.298 e. The molecule has 0 saturated heterocycles. The van der Waals surface area contributed by atoms with E-state index in [0.717, 1.165) is 4.70 Å². The summed E-state index contributed by atoms with van der Waals surface area (Å²) in [6.07, 6.45) is 0. The normalized spacial score (nSPS) is 10.7. The smallest absolute Gasteiger partial charge is 0.282 e. The number of para-hydroxylation sites is 1. The van der Waals surface area contributed by atoms with E-state index < -0.39 is 10.8 Å². The van der Waals surface area contributed by atoms with Gasteiger partial charge in [-0.25, -0.2) is 4.98 Å². The van der Waals surface area contributed by atoms with Gasteiger partial charge < -0.3 is 0 Å². The fourth-order valence-electron chi connectivity index (χ4n) is 1.98. The van der Waals surface area contributed by atoms with Crippen LogP contribution in [0.4, 0.5) is 10.8 Å². The van der Waals surface area contributed by atoms with Crippen molar-refractivity contribution in [2.75, 3.05) is 5.32 Å². The maximum absolute atomic E-state index is 12.3. The summed E-state index contributed by atoms with van der Waals surface area (Å²) in [6, 6.07) is 9.07. The summed E-state index contributed by atoms with van der Waals surface area (Å²) in [7, 11) is 0. The van der Waals surface area contributed by atoms with Crippen LogP contribution in [-0.2, 0) is 0 Å². The number of halogens is 2. The number of nitro groups is 1. The van der Waals surface area contributed by atoms with Gasteiger partial charge >= 0.3 is 0 Å². The first-order valence-corrected chi connectivity index (χ1v) is 7.84. The van der Waals surface area contributed by atoms with E-state index in [1.807, 2.05) is 0 Å². The molecule has 2 aromatic carbocycles. The number of nitrogens with zero attached hydrogens (tertiary/aromatic N) is 2.